The second kappa shape index (κ2) is 6.26. The lowest BCUT2D eigenvalue weighted by Crippen LogP contribution is -1.95. The molecule has 94 valence electrons. The van der Waals surface area contributed by atoms with E-state index in [1.54, 1.807) is 12.3 Å². The fraction of sp³-hybridized carbons (Fsp3) is 0.214. The number of ether oxygens (including phenoxy) is 2. The van der Waals surface area contributed by atoms with Gasteiger partial charge in [-0.05, 0) is 24.6 Å². The number of pyridine rings is 1. The normalized spacial score (nSPS) is 10.1. The summed E-state index contributed by atoms with van der Waals surface area (Å²) in [6, 6.07) is 11.2. The van der Waals surface area contributed by atoms with E-state index in [9.17, 15) is 0 Å². The molecule has 1 heterocycles. The van der Waals surface area contributed by atoms with Crippen LogP contribution in [0.1, 0.15) is 12.5 Å². The highest BCUT2D eigenvalue weighted by molar-refractivity contribution is 6.17. The van der Waals surface area contributed by atoms with Gasteiger partial charge in [0.15, 0.2) is 11.5 Å². The molecule has 0 unspecified atom stereocenters. The van der Waals surface area contributed by atoms with E-state index in [0.29, 0.717) is 29.9 Å². The molecule has 0 atom stereocenters. The summed E-state index contributed by atoms with van der Waals surface area (Å²) in [5, 5.41) is 0. The number of alkyl halides is 1. The van der Waals surface area contributed by atoms with Crippen molar-refractivity contribution in [2.75, 3.05) is 6.61 Å². The fourth-order valence-electron chi connectivity index (χ4n) is 1.47. The molecule has 0 aliphatic carbocycles. The standard InChI is InChI=1S/C14H14ClNO2/c1-2-17-12-5-3-4-6-13(12)18-14-8-7-11(9-15)10-16-14/h3-8,10H,2,9H2,1H3. The van der Waals surface area contributed by atoms with Gasteiger partial charge < -0.3 is 9.47 Å². The second-order valence-corrected chi connectivity index (χ2v) is 3.89. The summed E-state index contributed by atoms with van der Waals surface area (Å²) in [4.78, 5) is 4.18. The molecule has 2 aromatic rings. The van der Waals surface area contributed by atoms with Crippen molar-refractivity contribution in [2.24, 2.45) is 0 Å². The molecule has 1 aromatic heterocycles. The van der Waals surface area contributed by atoms with Crippen molar-refractivity contribution in [2.45, 2.75) is 12.8 Å². The van der Waals surface area contributed by atoms with Crippen LogP contribution < -0.4 is 9.47 Å². The van der Waals surface area contributed by atoms with Crippen molar-refractivity contribution in [1.82, 2.24) is 4.98 Å². The Morgan fingerprint density at radius 1 is 1.11 bits per heavy atom. The van der Waals surface area contributed by atoms with Gasteiger partial charge in [-0.15, -0.1) is 11.6 Å². The summed E-state index contributed by atoms with van der Waals surface area (Å²) in [7, 11) is 0. The van der Waals surface area contributed by atoms with Gasteiger partial charge >= 0.3 is 0 Å². The molecule has 0 radical (unpaired) electrons. The van der Waals surface area contributed by atoms with Crippen molar-refractivity contribution < 1.29 is 9.47 Å². The predicted octanol–water partition coefficient (Wildman–Crippen LogP) is 4.01. The van der Waals surface area contributed by atoms with Gasteiger partial charge in [0.1, 0.15) is 0 Å². The van der Waals surface area contributed by atoms with E-state index < -0.39 is 0 Å². The van der Waals surface area contributed by atoms with Gasteiger partial charge in [0, 0.05) is 18.1 Å². The smallest absolute Gasteiger partial charge is 0.219 e. The Kier molecular flexibility index (Phi) is 4.42. The Morgan fingerprint density at radius 3 is 2.50 bits per heavy atom. The maximum Gasteiger partial charge on any atom is 0.219 e. The van der Waals surface area contributed by atoms with Crippen LogP contribution in [0.25, 0.3) is 0 Å². The molecule has 0 aliphatic rings. The van der Waals surface area contributed by atoms with Gasteiger partial charge in [-0.2, -0.15) is 0 Å². The summed E-state index contributed by atoms with van der Waals surface area (Å²) in [6.45, 7) is 2.53. The molecule has 0 bridgehead atoms. The van der Waals surface area contributed by atoms with E-state index >= 15 is 0 Å². The van der Waals surface area contributed by atoms with Crippen LogP contribution in [0.15, 0.2) is 42.6 Å². The highest BCUT2D eigenvalue weighted by Crippen LogP contribution is 2.30. The third kappa shape index (κ3) is 3.14. The zero-order valence-electron chi connectivity index (χ0n) is 10.1. The summed E-state index contributed by atoms with van der Waals surface area (Å²) < 4.78 is 11.2. The Morgan fingerprint density at radius 2 is 1.89 bits per heavy atom. The number of nitrogens with zero attached hydrogens (tertiary/aromatic N) is 1. The predicted molar refractivity (Wildman–Crippen MR) is 71.5 cm³/mol. The second-order valence-electron chi connectivity index (χ2n) is 3.62. The first-order valence-electron chi connectivity index (χ1n) is 5.74. The zero-order valence-corrected chi connectivity index (χ0v) is 10.9. The van der Waals surface area contributed by atoms with Gasteiger partial charge in [0.25, 0.3) is 0 Å². The van der Waals surface area contributed by atoms with E-state index in [1.807, 2.05) is 37.3 Å². The Balaban J connectivity index is 2.17. The van der Waals surface area contributed by atoms with Crippen LogP contribution in [0.5, 0.6) is 17.4 Å². The Labute approximate surface area is 111 Å². The molecule has 0 amide bonds. The minimum absolute atomic E-state index is 0.447. The van der Waals surface area contributed by atoms with Crippen LogP contribution in [-0.4, -0.2) is 11.6 Å². The van der Waals surface area contributed by atoms with Crippen molar-refractivity contribution in [3.05, 3.63) is 48.2 Å². The molecule has 0 fully saturated rings. The van der Waals surface area contributed by atoms with Crippen molar-refractivity contribution in [3.8, 4) is 17.4 Å². The minimum Gasteiger partial charge on any atom is -0.490 e. The summed E-state index contributed by atoms with van der Waals surface area (Å²) >= 11 is 5.71. The number of hydrogen-bond acceptors (Lipinski definition) is 3. The first-order chi connectivity index (χ1) is 8.83. The molecule has 4 heteroatoms. The van der Waals surface area contributed by atoms with Crippen molar-refractivity contribution in [1.29, 1.82) is 0 Å². The van der Waals surface area contributed by atoms with Crippen LogP contribution in [-0.2, 0) is 5.88 Å². The third-order valence-electron chi connectivity index (χ3n) is 2.32. The Hall–Kier alpha value is -1.74. The fourth-order valence-corrected chi connectivity index (χ4v) is 1.63. The largest absolute Gasteiger partial charge is 0.490 e. The van der Waals surface area contributed by atoms with E-state index in [1.165, 1.54) is 0 Å². The molecule has 1 aromatic carbocycles. The monoisotopic (exact) mass is 263 g/mol. The quantitative estimate of drug-likeness (QED) is 0.764. The summed E-state index contributed by atoms with van der Waals surface area (Å²) in [5.41, 5.74) is 0.960. The third-order valence-corrected chi connectivity index (χ3v) is 2.62. The lowest BCUT2D eigenvalue weighted by molar-refractivity contribution is 0.319. The van der Waals surface area contributed by atoms with Crippen LogP contribution in [0.2, 0.25) is 0 Å². The maximum atomic E-state index is 5.71. The lowest BCUT2D eigenvalue weighted by Gasteiger charge is -2.10. The molecule has 0 spiro atoms. The SMILES string of the molecule is CCOc1ccccc1Oc1ccc(CCl)cn1. The number of aromatic nitrogens is 1. The molecule has 2 rings (SSSR count). The van der Waals surface area contributed by atoms with E-state index in [2.05, 4.69) is 4.98 Å². The number of hydrogen-bond donors (Lipinski definition) is 0. The average Bonchev–Trinajstić information content (AvgIpc) is 2.42. The van der Waals surface area contributed by atoms with E-state index in [0.717, 1.165) is 5.56 Å². The molecule has 3 nitrogen and oxygen atoms in total. The summed E-state index contributed by atoms with van der Waals surface area (Å²) in [5.74, 6) is 2.34. The molecule has 0 saturated carbocycles. The first kappa shape index (κ1) is 12.7. The van der Waals surface area contributed by atoms with Gasteiger partial charge in [-0.1, -0.05) is 18.2 Å². The van der Waals surface area contributed by atoms with Gasteiger partial charge in [0.2, 0.25) is 5.88 Å². The minimum atomic E-state index is 0.447. The summed E-state index contributed by atoms with van der Waals surface area (Å²) in [6.07, 6.45) is 1.70. The van der Waals surface area contributed by atoms with Gasteiger partial charge in [-0.25, -0.2) is 4.98 Å². The first-order valence-corrected chi connectivity index (χ1v) is 6.27. The molecule has 0 saturated heterocycles. The average molecular weight is 264 g/mol. The van der Waals surface area contributed by atoms with E-state index in [-0.39, 0.29) is 0 Å². The van der Waals surface area contributed by atoms with Crippen LogP contribution >= 0.6 is 11.6 Å². The van der Waals surface area contributed by atoms with Crippen molar-refractivity contribution >= 4 is 11.6 Å². The molecular weight excluding hydrogens is 250 g/mol. The number of halogens is 1. The number of benzene rings is 1. The molecule has 0 N–H and O–H groups in total. The highest BCUT2D eigenvalue weighted by atomic mass is 35.5. The molecular formula is C14H14ClNO2. The number of para-hydroxylation sites is 2. The van der Waals surface area contributed by atoms with Gasteiger partial charge in [0.05, 0.1) is 6.61 Å². The molecule has 18 heavy (non-hydrogen) atoms. The van der Waals surface area contributed by atoms with Crippen LogP contribution in [0.4, 0.5) is 0 Å². The van der Waals surface area contributed by atoms with E-state index in [4.69, 9.17) is 21.1 Å². The van der Waals surface area contributed by atoms with Gasteiger partial charge in [-0.3, -0.25) is 0 Å². The van der Waals surface area contributed by atoms with Crippen LogP contribution in [0.3, 0.4) is 0 Å². The topological polar surface area (TPSA) is 31.4 Å². The van der Waals surface area contributed by atoms with Crippen molar-refractivity contribution in [3.63, 3.8) is 0 Å². The Bertz CT molecular complexity index is 499. The number of rotatable bonds is 5. The highest BCUT2D eigenvalue weighted by Gasteiger charge is 2.05. The zero-order chi connectivity index (χ0) is 12.8. The maximum absolute atomic E-state index is 5.71. The van der Waals surface area contributed by atoms with Crippen LogP contribution in [0, 0.1) is 0 Å². The molecule has 0 aliphatic heterocycles. The lowest BCUT2D eigenvalue weighted by atomic mass is 10.3.